The van der Waals surface area contributed by atoms with Crippen LogP contribution in [0, 0.1) is 5.82 Å². The number of nitrogen functional groups attached to an aromatic ring is 1. The lowest BCUT2D eigenvalue weighted by Crippen LogP contribution is -2.19. The maximum atomic E-state index is 12.7. The van der Waals surface area contributed by atoms with Crippen LogP contribution in [0.2, 0.25) is 0 Å². The normalized spacial score (nSPS) is 14.9. The Bertz CT molecular complexity index is 335. The molecule has 84 valence electrons. The lowest BCUT2D eigenvalue weighted by atomic mass is 10.0. The minimum Gasteiger partial charge on any atom is -0.398 e. The zero-order valence-corrected chi connectivity index (χ0v) is 8.78. The zero-order chi connectivity index (χ0) is 11.4. The summed E-state index contributed by atoms with van der Waals surface area (Å²) >= 11 is 5.43. The molecule has 0 saturated heterocycles. The number of aliphatic hydroxyl groups excluding tert-OH is 2. The van der Waals surface area contributed by atoms with Gasteiger partial charge in [-0.25, -0.2) is 4.39 Å². The Morgan fingerprint density at radius 2 is 2.07 bits per heavy atom. The molecule has 0 heterocycles. The first-order valence-electron chi connectivity index (χ1n) is 4.53. The van der Waals surface area contributed by atoms with Gasteiger partial charge in [-0.15, -0.1) is 11.6 Å². The average molecular weight is 234 g/mol. The molecule has 2 unspecified atom stereocenters. The van der Waals surface area contributed by atoms with Gasteiger partial charge in [0.2, 0.25) is 0 Å². The highest BCUT2D eigenvalue weighted by molar-refractivity contribution is 6.17. The molecule has 0 fully saturated rings. The number of hydrogen-bond acceptors (Lipinski definition) is 3. The molecule has 0 aromatic heterocycles. The first-order chi connectivity index (χ1) is 7.06. The van der Waals surface area contributed by atoms with Gasteiger partial charge in [-0.05, 0) is 18.6 Å². The fourth-order valence-corrected chi connectivity index (χ4v) is 1.52. The van der Waals surface area contributed by atoms with E-state index in [2.05, 4.69) is 0 Å². The molecule has 1 aromatic carbocycles. The largest absolute Gasteiger partial charge is 0.398 e. The van der Waals surface area contributed by atoms with E-state index in [9.17, 15) is 14.6 Å². The van der Waals surface area contributed by atoms with E-state index in [1.807, 2.05) is 0 Å². The van der Waals surface area contributed by atoms with Crippen LogP contribution in [0.15, 0.2) is 18.2 Å². The van der Waals surface area contributed by atoms with Crippen molar-refractivity contribution in [2.45, 2.75) is 18.6 Å². The molecular formula is C10H13ClFNO2. The van der Waals surface area contributed by atoms with Crippen molar-refractivity contribution in [1.29, 1.82) is 0 Å². The average Bonchev–Trinajstić information content (AvgIpc) is 2.17. The molecule has 0 saturated carbocycles. The maximum absolute atomic E-state index is 12.7. The predicted molar refractivity (Wildman–Crippen MR) is 57.1 cm³/mol. The Balaban J connectivity index is 2.86. The summed E-state index contributed by atoms with van der Waals surface area (Å²) in [6.07, 6.45) is -1.88. The third-order valence-electron chi connectivity index (χ3n) is 2.14. The van der Waals surface area contributed by atoms with Crippen LogP contribution in [0.5, 0.6) is 0 Å². The van der Waals surface area contributed by atoms with E-state index in [1.54, 1.807) is 0 Å². The zero-order valence-electron chi connectivity index (χ0n) is 8.03. The SMILES string of the molecule is Nc1cc(F)ccc1C(O)C(O)CCCl. The highest BCUT2D eigenvalue weighted by Gasteiger charge is 2.19. The van der Waals surface area contributed by atoms with Gasteiger partial charge in [-0.1, -0.05) is 6.07 Å². The lowest BCUT2D eigenvalue weighted by molar-refractivity contribution is 0.0174. The minimum atomic E-state index is -1.13. The molecular weight excluding hydrogens is 221 g/mol. The minimum absolute atomic E-state index is 0.121. The molecule has 15 heavy (non-hydrogen) atoms. The molecule has 0 amide bonds. The van der Waals surface area contributed by atoms with E-state index in [-0.39, 0.29) is 18.0 Å². The summed E-state index contributed by atoms with van der Waals surface area (Å²) in [4.78, 5) is 0. The van der Waals surface area contributed by atoms with Crippen LogP contribution in [0.1, 0.15) is 18.1 Å². The molecule has 2 atom stereocenters. The second-order valence-corrected chi connectivity index (χ2v) is 3.64. The van der Waals surface area contributed by atoms with Gasteiger partial charge < -0.3 is 15.9 Å². The van der Waals surface area contributed by atoms with E-state index >= 15 is 0 Å². The number of aliphatic hydroxyl groups is 2. The van der Waals surface area contributed by atoms with Crippen LogP contribution in [0.3, 0.4) is 0 Å². The summed E-state index contributed by atoms with van der Waals surface area (Å²) in [5.41, 5.74) is 5.95. The van der Waals surface area contributed by atoms with Gasteiger partial charge in [-0.3, -0.25) is 0 Å². The summed E-state index contributed by atoms with van der Waals surface area (Å²) < 4.78 is 12.7. The number of benzene rings is 1. The van der Waals surface area contributed by atoms with Gasteiger partial charge in [-0.2, -0.15) is 0 Å². The topological polar surface area (TPSA) is 66.5 Å². The first-order valence-corrected chi connectivity index (χ1v) is 5.06. The Morgan fingerprint density at radius 1 is 1.40 bits per heavy atom. The van der Waals surface area contributed by atoms with Crippen LogP contribution in [0.4, 0.5) is 10.1 Å². The summed E-state index contributed by atoms with van der Waals surface area (Å²) in [5, 5.41) is 19.2. The summed E-state index contributed by atoms with van der Waals surface area (Å²) in [6.45, 7) is 0. The Morgan fingerprint density at radius 3 is 2.60 bits per heavy atom. The third-order valence-corrected chi connectivity index (χ3v) is 2.36. The molecule has 4 N–H and O–H groups in total. The third kappa shape index (κ3) is 3.06. The fourth-order valence-electron chi connectivity index (χ4n) is 1.29. The number of hydrogen-bond donors (Lipinski definition) is 3. The van der Waals surface area contributed by atoms with Gasteiger partial charge in [0.25, 0.3) is 0 Å². The smallest absolute Gasteiger partial charge is 0.125 e. The highest BCUT2D eigenvalue weighted by Crippen LogP contribution is 2.25. The van der Waals surface area contributed by atoms with Gasteiger partial charge in [0.1, 0.15) is 11.9 Å². The standard InChI is InChI=1S/C10H13ClFNO2/c11-4-3-9(14)10(15)7-2-1-6(12)5-8(7)13/h1-2,5,9-10,14-15H,3-4,13H2. The van der Waals surface area contributed by atoms with Crippen molar-refractivity contribution in [2.75, 3.05) is 11.6 Å². The number of alkyl halides is 1. The van der Waals surface area contributed by atoms with E-state index in [4.69, 9.17) is 17.3 Å². The van der Waals surface area contributed by atoms with Crippen molar-refractivity contribution >= 4 is 17.3 Å². The number of halogens is 2. The van der Waals surface area contributed by atoms with Crippen molar-refractivity contribution in [3.8, 4) is 0 Å². The van der Waals surface area contributed by atoms with Crippen LogP contribution < -0.4 is 5.73 Å². The molecule has 1 aromatic rings. The molecule has 0 aliphatic rings. The molecule has 0 radical (unpaired) electrons. The van der Waals surface area contributed by atoms with Crippen LogP contribution in [-0.2, 0) is 0 Å². The molecule has 0 aliphatic carbocycles. The molecule has 0 spiro atoms. The van der Waals surface area contributed by atoms with Crippen molar-refractivity contribution in [3.63, 3.8) is 0 Å². The summed E-state index contributed by atoms with van der Waals surface area (Å²) in [5.74, 6) is -0.241. The quantitative estimate of drug-likeness (QED) is 0.545. The molecule has 0 bridgehead atoms. The monoisotopic (exact) mass is 233 g/mol. The Kier molecular flexibility index (Phi) is 4.32. The van der Waals surface area contributed by atoms with Gasteiger partial charge in [0.05, 0.1) is 6.10 Å². The van der Waals surface area contributed by atoms with E-state index in [1.165, 1.54) is 12.1 Å². The van der Waals surface area contributed by atoms with Crippen molar-refractivity contribution in [1.82, 2.24) is 0 Å². The van der Waals surface area contributed by atoms with Gasteiger partial charge >= 0.3 is 0 Å². The van der Waals surface area contributed by atoms with E-state index in [0.717, 1.165) is 6.07 Å². The summed E-state index contributed by atoms with van der Waals surface area (Å²) in [7, 11) is 0. The van der Waals surface area contributed by atoms with Gasteiger partial charge in [0.15, 0.2) is 0 Å². The van der Waals surface area contributed by atoms with Crippen LogP contribution in [0.25, 0.3) is 0 Å². The molecule has 0 aliphatic heterocycles. The Hall–Kier alpha value is -0.840. The predicted octanol–water partition coefficient (Wildman–Crippen LogP) is 1.43. The van der Waals surface area contributed by atoms with E-state index in [0.29, 0.717) is 5.56 Å². The van der Waals surface area contributed by atoms with Crippen molar-refractivity contribution < 1.29 is 14.6 Å². The Labute approximate surface area is 92.3 Å². The second kappa shape index (κ2) is 5.30. The molecule has 3 nitrogen and oxygen atoms in total. The van der Waals surface area contributed by atoms with E-state index < -0.39 is 18.0 Å². The lowest BCUT2D eigenvalue weighted by Gasteiger charge is -2.18. The second-order valence-electron chi connectivity index (χ2n) is 3.26. The van der Waals surface area contributed by atoms with Gasteiger partial charge in [0, 0.05) is 17.1 Å². The number of nitrogens with two attached hydrogens (primary N) is 1. The number of anilines is 1. The highest BCUT2D eigenvalue weighted by atomic mass is 35.5. The molecule has 5 heteroatoms. The van der Waals surface area contributed by atoms with Crippen molar-refractivity contribution in [2.24, 2.45) is 0 Å². The fraction of sp³-hybridized carbons (Fsp3) is 0.400. The van der Waals surface area contributed by atoms with Crippen LogP contribution in [-0.4, -0.2) is 22.2 Å². The van der Waals surface area contributed by atoms with Crippen molar-refractivity contribution in [3.05, 3.63) is 29.6 Å². The first kappa shape index (κ1) is 12.2. The molecule has 1 rings (SSSR count). The summed E-state index contributed by atoms with van der Waals surface area (Å²) in [6, 6.07) is 3.64. The van der Waals surface area contributed by atoms with Crippen LogP contribution >= 0.6 is 11.6 Å². The maximum Gasteiger partial charge on any atom is 0.125 e. The number of rotatable bonds is 4.